The van der Waals surface area contributed by atoms with Crippen LogP contribution in [0, 0.1) is 11.3 Å². The normalized spacial score (nSPS) is 24.9. The fourth-order valence-electron chi connectivity index (χ4n) is 6.73. The third kappa shape index (κ3) is 5.62. The minimum Gasteiger partial charge on any atom is -0.458 e. The van der Waals surface area contributed by atoms with Gasteiger partial charge in [-0.1, -0.05) is 0 Å². The second-order valence-electron chi connectivity index (χ2n) is 13.3. The van der Waals surface area contributed by atoms with Gasteiger partial charge in [-0.3, -0.25) is 9.48 Å². The smallest absolute Gasteiger partial charge is 0.335 e. The second-order valence-corrected chi connectivity index (χ2v) is 13.3. The summed E-state index contributed by atoms with van der Waals surface area (Å²) in [6, 6.07) is 14.0. The largest absolute Gasteiger partial charge is 0.458 e. The number of anilines is 3. The van der Waals surface area contributed by atoms with Crippen LogP contribution in [0.25, 0.3) is 21.8 Å². The van der Waals surface area contributed by atoms with Crippen molar-refractivity contribution in [2.45, 2.75) is 82.3 Å². The lowest BCUT2D eigenvalue weighted by Gasteiger charge is -2.39. The summed E-state index contributed by atoms with van der Waals surface area (Å²) in [5.74, 6) is 0.893. The average molecular weight is 612 g/mol. The van der Waals surface area contributed by atoms with Crippen LogP contribution >= 0.6 is 0 Å². The van der Waals surface area contributed by atoms with E-state index in [-0.39, 0.29) is 30.8 Å². The first kappa shape index (κ1) is 29.3. The number of morpholine rings is 1. The van der Waals surface area contributed by atoms with Gasteiger partial charge >= 0.3 is 5.97 Å². The summed E-state index contributed by atoms with van der Waals surface area (Å²) in [6.07, 6.45) is 4.50. The molecule has 3 aromatic heterocycles. The van der Waals surface area contributed by atoms with E-state index in [1.165, 1.54) is 0 Å². The molecule has 0 spiro atoms. The molecule has 3 aliphatic rings. The first-order chi connectivity index (χ1) is 21.6. The van der Waals surface area contributed by atoms with E-state index in [4.69, 9.17) is 24.3 Å². The van der Waals surface area contributed by atoms with Gasteiger partial charge in [0.25, 0.3) is 5.56 Å². The maximum absolute atomic E-state index is 13.1. The maximum Gasteiger partial charge on any atom is 0.335 e. The summed E-state index contributed by atoms with van der Waals surface area (Å²) >= 11 is 0. The van der Waals surface area contributed by atoms with Gasteiger partial charge in [-0.2, -0.15) is 10.4 Å². The van der Waals surface area contributed by atoms with E-state index in [0.717, 1.165) is 48.3 Å². The van der Waals surface area contributed by atoms with Crippen molar-refractivity contribution >= 4 is 45.1 Å². The number of benzene rings is 1. The number of H-pyrrole nitrogens is 1. The number of hydrogen-bond acceptors (Lipinski definition) is 10. The minimum absolute atomic E-state index is 0.0715. The van der Waals surface area contributed by atoms with Crippen molar-refractivity contribution in [2.24, 2.45) is 0 Å². The van der Waals surface area contributed by atoms with E-state index in [1.807, 2.05) is 45.0 Å². The van der Waals surface area contributed by atoms with Gasteiger partial charge < -0.3 is 29.4 Å². The zero-order chi connectivity index (χ0) is 31.3. The van der Waals surface area contributed by atoms with E-state index in [1.54, 1.807) is 16.9 Å². The summed E-state index contributed by atoms with van der Waals surface area (Å²) in [5, 5.41) is 19.4. The standard InChI is InChI=1S/C33H37N7O5/c1-32(2,3)45-31(42)26-10-12-33(13-14-34,19-43-26)40-25-11-15-35-30(41)28(25)29(38-40)36-21-5-8-24-20(16-21)4-9-27(37-24)39-17-22-6-7-23(18-39)44-22/h4-5,8-9,11,15-16,22-23,26H,6-7,10,12-13,17-19H2,1-3H3,(H,35,41)(H,36,38). The van der Waals surface area contributed by atoms with Crippen LogP contribution in [0.4, 0.5) is 17.3 Å². The van der Waals surface area contributed by atoms with Gasteiger partial charge in [-0.25, -0.2) is 9.78 Å². The van der Waals surface area contributed by atoms with Crippen LogP contribution < -0.4 is 15.8 Å². The van der Waals surface area contributed by atoms with Crippen molar-refractivity contribution in [3.8, 4) is 6.07 Å². The molecule has 2 N–H and O–H groups in total. The quantitative estimate of drug-likeness (QED) is 0.298. The first-order valence-corrected chi connectivity index (χ1v) is 15.5. The van der Waals surface area contributed by atoms with Crippen LogP contribution in [0.5, 0.6) is 0 Å². The van der Waals surface area contributed by atoms with Crippen LogP contribution in [0.1, 0.15) is 52.9 Å². The lowest BCUT2D eigenvalue weighted by Crippen LogP contribution is -2.47. The molecule has 12 heteroatoms. The molecular formula is C33H37N7O5. The summed E-state index contributed by atoms with van der Waals surface area (Å²) in [4.78, 5) is 35.8. The molecule has 1 aromatic carbocycles. The van der Waals surface area contributed by atoms with Gasteiger partial charge in [0.05, 0.1) is 47.9 Å². The Morgan fingerprint density at radius 2 is 1.98 bits per heavy atom. The number of hydrogen-bond donors (Lipinski definition) is 2. The molecule has 0 aliphatic carbocycles. The van der Waals surface area contributed by atoms with E-state index in [9.17, 15) is 14.9 Å². The number of fused-ring (bicyclic) bond motifs is 4. The molecule has 234 valence electrons. The Morgan fingerprint density at radius 1 is 1.18 bits per heavy atom. The fraction of sp³-hybridized carbons (Fsp3) is 0.485. The molecule has 0 amide bonds. The van der Waals surface area contributed by atoms with Crippen molar-refractivity contribution < 1.29 is 19.0 Å². The molecular weight excluding hydrogens is 574 g/mol. The molecule has 45 heavy (non-hydrogen) atoms. The molecule has 12 nitrogen and oxygen atoms in total. The summed E-state index contributed by atoms with van der Waals surface area (Å²) in [6.45, 7) is 7.23. The highest BCUT2D eigenvalue weighted by molar-refractivity contribution is 5.92. The molecule has 3 fully saturated rings. The summed E-state index contributed by atoms with van der Waals surface area (Å²) < 4.78 is 19.3. The Labute approximate surface area is 260 Å². The maximum atomic E-state index is 13.1. The number of pyridine rings is 2. The predicted octanol–water partition coefficient (Wildman–Crippen LogP) is 4.51. The molecule has 6 heterocycles. The Kier molecular flexibility index (Phi) is 7.25. The third-order valence-corrected chi connectivity index (χ3v) is 8.86. The van der Waals surface area contributed by atoms with E-state index >= 15 is 0 Å². The number of aromatic nitrogens is 4. The highest BCUT2D eigenvalue weighted by Crippen LogP contribution is 2.38. The van der Waals surface area contributed by atoms with Gasteiger partial charge in [0.15, 0.2) is 11.9 Å². The molecule has 2 bridgehead atoms. The molecule has 4 unspecified atom stereocenters. The van der Waals surface area contributed by atoms with Gasteiger partial charge in [0.2, 0.25) is 0 Å². The first-order valence-electron chi connectivity index (χ1n) is 15.5. The Hall–Kier alpha value is -4.47. The zero-order valence-electron chi connectivity index (χ0n) is 25.7. The Balaban J connectivity index is 1.17. The number of nitrogens with one attached hydrogen (secondary N) is 2. The van der Waals surface area contributed by atoms with Gasteiger partial charge in [-0.05, 0) is 82.9 Å². The van der Waals surface area contributed by atoms with Crippen LogP contribution in [0.2, 0.25) is 0 Å². The van der Waals surface area contributed by atoms with Crippen molar-refractivity contribution in [3.63, 3.8) is 0 Å². The van der Waals surface area contributed by atoms with Crippen molar-refractivity contribution in [3.05, 3.63) is 52.9 Å². The van der Waals surface area contributed by atoms with Crippen LogP contribution in [0.15, 0.2) is 47.4 Å². The molecule has 3 saturated heterocycles. The molecule has 3 aliphatic heterocycles. The van der Waals surface area contributed by atoms with Crippen molar-refractivity contribution in [1.82, 2.24) is 19.7 Å². The monoisotopic (exact) mass is 611 g/mol. The highest BCUT2D eigenvalue weighted by atomic mass is 16.6. The lowest BCUT2D eigenvalue weighted by atomic mass is 9.87. The van der Waals surface area contributed by atoms with Gasteiger partial charge in [-0.15, -0.1) is 0 Å². The van der Waals surface area contributed by atoms with Gasteiger partial charge in [0.1, 0.15) is 16.8 Å². The zero-order valence-corrected chi connectivity index (χ0v) is 25.7. The number of aromatic amines is 1. The number of esters is 1. The molecule has 0 radical (unpaired) electrons. The van der Waals surface area contributed by atoms with E-state index in [2.05, 4.69) is 27.3 Å². The number of ether oxygens (including phenoxy) is 3. The van der Waals surface area contributed by atoms with Crippen molar-refractivity contribution in [2.75, 3.05) is 29.9 Å². The van der Waals surface area contributed by atoms with Gasteiger partial charge in [0, 0.05) is 30.4 Å². The minimum atomic E-state index is -0.873. The predicted molar refractivity (Wildman–Crippen MR) is 169 cm³/mol. The topological polar surface area (TPSA) is 147 Å². The van der Waals surface area contributed by atoms with Crippen LogP contribution in [-0.4, -0.2) is 69.3 Å². The molecule has 4 atom stereocenters. The third-order valence-electron chi connectivity index (χ3n) is 8.86. The summed E-state index contributed by atoms with van der Waals surface area (Å²) in [7, 11) is 0. The fourth-order valence-corrected chi connectivity index (χ4v) is 6.73. The van der Waals surface area contributed by atoms with Crippen molar-refractivity contribution in [1.29, 1.82) is 5.26 Å². The SMILES string of the molecule is CC(C)(C)OC(=O)C1CCC(CC#N)(n2nc(Nc3ccc4nc(N5CC6CCC(C5)O6)ccc4c3)c3c(=O)[nH]ccc32)CO1. The summed E-state index contributed by atoms with van der Waals surface area (Å²) in [5.41, 5.74) is 0.380. The second kappa shape index (κ2) is 11.2. The lowest BCUT2D eigenvalue weighted by molar-refractivity contribution is -0.176. The number of carbonyl (C=O) groups excluding carboxylic acids is 1. The molecule has 7 rings (SSSR count). The number of nitriles is 1. The molecule has 0 saturated carbocycles. The number of carbonyl (C=O) groups is 1. The van der Waals surface area contributed by atoms with Crippen LogP contribution in [0.3, 0.4) is 0 Å². The average Bonchev–Trinajstić information content (AvgIpc) is 3.56. The Bertz CT molecular complexity index is 1850. The molecule has 4 aromatic rings. The van der Waals surface area contributed by atoms with E-state index in [0.29, 0.717) is 29.6 Å². The number of rotatable bonds is 6. The number of nitrogens with zero attached hydrogens (tertiary/aromatic N) is 5. The van der Waals surface area contributed by atoms with E-state index < -0.39 is 23.2 Å². The Morgan fingerprint density at radius 3 is 2.69 bits per heavy atom. The van der Waals surface area contributed by atoms with Crippen LogP contribution in [-0.2, 0) is 24.5 Å². The highest BCUT2D eigenvalue weighted by Gasteiger charge is 2.43.